The topological polar surface area (TPSA) is 108 Å². The first-order valence-electron chi connectivity index (χ1n) is 11.9. The fourth-order valence-corrected chi connectivity index (χ4v) is 6.01. The van der Waals surface area contributed by atoms with Crippen LogP contribution in [-0.4, -0.2) is 23.6 Å². The number of hydrogen-bond acceptors (Lipinski definition) is 7. The van der Waals surface area contributed by atoms with Gasteiger partial charge in [-0.2, -0.15) is 0 Å². The van der Waals surface area contributed by atoms with Gasteiger partial charge in [0.2, 0.25) is 0 Å². The smallest absolute Gasteiger partial charge is 0.269 e. The SMILES string of the molecule is COc1cc(C2C3=C(CCCC3=O)NC3=C2C(=O)CCC3)cc(I)c1OCc1ccc([N+](=O)[O-])cc1. The number of carbonyl (C=O) groups excluding carboxylic acids is 2. The van der Waals surface area contributed by atoms with Crippen LogP contribution in [0.25, 0.3) is 0 Å². The molecule has 9 heteroatoms. The molecular formula is C27H25IN2O6. The number of ether oxygens (including phenoxy) is 2. The van der Waals surface area contributed by atoms with Crippen LogP contribution in [0.1, 0.15) is 55.6 Å². The summed E-state index contributed by atoms with van der Waals surface area (Å²) in [4.78, 5) is 36.7. The molecule has 3 aliphatic rings. The van der Waals surface area contributed by atoms with Crippen LogP contribution in [0.2, 0.25) is 0 Å². The lowest BCUT2D eigenvalue weighted by molar-refractivity contribution is -0.384. The summed E-state index contributed by atoms with van der Waals surface area (Å²) in [5, 5.41) is 14.3. The van der Waals surface area contributed by atoms with Crippen LogP contribution in [0.3, 0.4) is 0 Å². The second-order valence-corrected chi connectivity index (χ2v) is 10.3. The van der Waals surface area contributed by atoms with Gasteiger partial charge in [0.05, 0.1) is 15.6 Å². The summed E-state index contributed by atoms with van der Waals surface area (Å²) in [6.45, 7) is 0.207. The van der Waals surface area contributed by atoms with Crippen LogP contribution in [0.15, 0.2) is 58.9 Å². The summed E-state index contributed by atoms with van der Waals surface area (Å²) in [5.74, 6) is 0.816. The third-order valence-electron chi connectivity index (χ3n) is 6.91. The molecule has 2 aromatic rings. The first kappa shape index (κ1) is 24.5. The number of rotatable bonds is 6. The van der Waals surface area contributed by atoms with Crippen LogP contribution >= 0.6 is 22.6 Å². The average Bonchev–Trinajstić information content (AvgIpc) is 2.87. The number of Topliss-reactive ketones (excluding diaryl/α,β-unsaturated/α-hetero) is 2. The van der Waals surface area contributed by atoms with Crippen molar-refractivity contribution in [3.05, 3.63) is 83.7 Å². The van der Waals surface area contributed by atoms with Gasteiger partial charge in [-0.25, -0.2) is 0 Å². The van der Waals surface area contributed by atoms with E-state index in [0.29, 0.717) is 35.5 Å². The fraction of sp³-hybridized carbons (Fsp3) is 0.333. The van der Waals surface area contributed by atoms with Crippen LogP contribution < -0.4 is 14.8 Å². The van der Waals surface area contributed by atoms with E-state index in [2.05, 4.69) is 27.9 Å². The number of methoxy groups -OCH3 is 1. The van der Waals surface area contributed by atoms with E-state index in [9.17, 15) is 19.7 Å². The lowest BCUT2D eigenvalue weighted by Crippen LogP contribution is -2.36. The van der Waals surface area contributed by atoms with Gasteiger partial charge in [-0.3, -0.25) is 19.7 Å². The molecular weight excluding hydrogens is 575 g/mol. The predicted molar refractivity (Wildman–Crippen MR) is 141 cm³/mol. The summed E-state index contributed by atoms with van der Waals surface area (Å²) in [5.41, 5.74) is 4.93. The van der Waals surface area contributed by atoms with Crippen LogP contribution in [0, 0.1) is 13.7 Å². The number of allylic oxidation sites excluding steroid dienone is 4. The molecule has 1 aliphatic heterocycles. The van der Waals surface area contributed by atoms with Crippen LogP contribution in [-0.2, 0) is 16.2 Å². The van der Waals surface area contributed by atoms with Gasteiger partial charge in [-0.1, -0.05) is 0 Å². The zero-order valence-corrected chi connectivity index (χ0v) is 21.9. The number of ketones is 2. The van der Waals surface area contributed by atoms with Crippen molar-refractivity contribution in [2.24, 2.45) is 0 Å². The molecule has 0 spiro atoms. The van der Waals surface area contributed by atoms with Crippen LogP contribution in [0.5, 0.6) is 11.5 Å². The Bertz CT molecular complexity index is 1290. The second-order valence-electron chi connectivity index (χ2n) is 9.14. The van der Waals surface area contributed by atoms with Crippen molar-refractivity contribution >= 4 is 39.8 Å². The number of nitro benzene ring substituents is 1. The summed E-state index contributed by atoms with van der Waals surface area (Å²) in [6.07, 6.45) is 4.19. The minimum Gasteiger partial charge on any atom is -0.493 e. The van der Waals surface area contributed by atoms with E-state index in [1.54, 1.807) is 19.2 Å². The molecule has 0 saturated heterocycles. The molecule has 1 N–H and O–H groups in total. The molecule has 0 bridgehead atoms. The molecule has 8 nitrogen and oxygen atoms in total. The summed E-state index contributed by atoms with van der Waals surface area (Å²) >= 11 is 2.18. The van der Waals surface area contributed by atoms with E-state index in [1.165, 1.54) is 12.1 Å². The first-order chi connectivity index (χ1) is 17.4. The Hall–Kier alpha value is -3.21. The Labute approximate surface area is 222 Å². The maximum atomic E-state index is 13.1. The quantitative estimate of drug-likeness (QED) is 0.266. The van der Waals surface area contributed by atoms with Crippen molar-refractivity contribution in [3.8, 4) is 11.5 Å². The van der Waals surface area contributed by atoms with Gasteiger partial charge >= 0.3 is 0 Å². The largest absolute Gasteiger partial charge is 0.493 e. The van der Waals surface area contributed by atoms with Crippen molar-refractivity contribution in [1.29, 1.82) is 0 Å². The first-order valence-corrected chi connectivity index (χ1v) is 13.0. The minimum absolute atomic E-state index is 0.0223. The number of nitrogens with zero attached hydrogens (tertiary/aromatic N) is 1. The molecule has 2 aromatic carbocycles. The lowest BCUT2D eigenvalue weighted by atomic mass is 9.71. The van der Waals surface area contributed by atoms with Gasteiger partial charge in [0.15, 0.2) is 23.1 Å². The summed E-state index contributed by atoms with van der Waals surface area (Å²) < 4.78 is 12.5. The van der Waals surface area contributed by atoms with Gasteiger partial charge in [-0.05, 0) is 83.7 Å². The third-order valence-corrected chi connectivity index (χ3v) is 7.71. The number of non-ortho nitro benzene ring substituents is 1. The molecule has 0 unspecified atom stereocenters. The maximum absolute atomic E-state index is 13.1. The van der Waals surface area contributed by atoms with E-state index in [1.807, 2.05) is 12.1 Å². The van der Waals surface area contributed by atoms with Crippen molar-refractivity contribution in [2.45, 2.75) is 51.0 Å². The molecule has 5 rings (SSSR count). The molecule has 0 saturated carbocycles. The molecule has 1 heterocycles. The molecule has 0 aromatic heterocycles. The number of dihydropyridines is 1. The van der Waals surface area contributed by atoms with Crippen molar-refractivity contribution in [3.63, 3.8) is 0 Å². The molecule has 0 atom stereocenters. The normalized spacial score (nSPS) is 17.9. The van der Waals surface area contributed by atoms with E-state index < -0.39 is 10.8 Å². The van der Waals surface area contributed by atoms with Crippen molar-refractivity contribution < 1.29 is 24.0 Å². The Morgan fingerprint density at radius 1 is 1.00 bits per heavy atom. The van der Waals surface area contributed by atoms with E-state index >= 15 is 0 Å². The average molecular weight is 600 g/mol. The monoisotopic (exact) mass is 600 g/mol. The Morgan fingerprint density at radius 2 is 1.61 bits per heavy atom. The number of carbonyl (C=O) groups is 2. The number of hydrogen-bond donors (Lipinski definition) is 1. The van der Waals surface area contributed by atoms with Gasteiger partial charge in [0.1, 0.15) is 6.61 Å². The number of nitrogens with one attached hydrogen (secondary N) is 1. The van der Waals surface area contributed by atoms with Gasteiger partial charge < -0.3 is 14.8 Å². The van der Waals surface area contributed by atoms with E-state index in [-0.39, 0.29) is 23.9 Å². The fourth-order valence-electron chi connectivity index (χ4n) is 5.23. The number of nitro groups is 1. The van der Waals surface area contributed by atoms with E-state index in [0.717, 1.165) is 51.8 Å². The van der Waals surface area contributed by atoms with Crippen molar-refractivity contribution in [2.75, 3.05) is 7.11 Å². The van der Waals surface area contributed by atoms with Gasteiger partial charge in [0.25, 0.3) is 5.69 Å². The summed E-state index contributed by atoms with van der Waals surface area (Å²) in [6, 6.07) is 10.0. The van der Waals surface area contributed by atoms with Gasteiger partial charge in [-0.15, -0.1) is 0 Å². The number of benzene rings is 2. The highest BCUT2D eigenvalue weighted by molar-refractivity contribution is 14.1. The maximum Gasteiger partial charge on any atom is 0.269 e. The van der Waals surface area contributed by atoms with E-state index in [4.69, 9.17) is 9.47 Å². The zero-order valence-electron chi connectivity index (χ0n) is 19.8. The summed E-state index contributed by atoms with van der Waals surface area (Å²) in [7, 11) is 1.56. The van der Waals surface area contributed by atoms with Gasteiger partial charge in [0, 0.05) is 53.4 Å². The highest BCUT2D eigenvalue weighted by atomic mass is 127. The number of halogens is 1. The standard InChI is InChI=1S/C27H25IN2O6/c1-35-23-13-16(12-18(28)27(23)36-14-15-8-10-17(11-9-15)30(33)34)24-25-19(4-2-6-21(25)31)29-20-5-3-7-22(32)26(20)24/h8-13,24,29H,2-7,14H2,1H3. The highest BCUT2D eigenvalue weighted by Gasteiger charge is 2.40. The Kier molecular flexibility index (Phi) is 6.83. The Balaban J connectivity index is 1.51. The molecule has 0 amide bonds. The molecule has 0 fully saturated rings. The zero-order chi connectivity index (χ0) is 25.4. The molecule has 2 aliphatic carbocycles. The van der Waals surface area contributed by atoms with Crippen LogP contribution in [0.4, 0.5) is 5.69 Å². The lowest BCUT2D eigenvalue weighted by Gasteiger charge is -2.37. The predicted octanol–water partition coefficient (Wildman–Crippen LogP) is 5.49. The third kappa shape index (κ3) is 4.52. The molecule has 0 radical (unpaired) electrons. The second kappa shape index (κ2) is 10.0. The Morgan fingerprint density at radius 3 is 2.17 bits per heavy atom. The molecule has 36 heavy (non-hydrogen) atoms. The molecule has 186 valence electrons. The highest BCUT2D eigenvalue weighted by Crippen LogP contribution is 2.47. The minimum atomic E-state index is -0.439. The van der Waals surface area contributed by atoms with Crippen molar-refractivity contribution in [1.82, 2.24) is 5.32 Å².